The van der Waals surface area contributed by atoms with Gasteiger partial charge in [0.25, 0.3) is 5.91 Å². The number of hydrogen-bond donors (Lipinski definition) is 2. The fourth-order valence-electron chi connectivity index (χ4n) is 2.12. The minimum atomic E-state index is -1.34. The molecule has 8 heteroatoms. The van der Waals surface area contributed by atoms with Crippen LogP contribution in [0.4, 0.5) is 9.18 Å². The number of hydrogen-bond acceptors (Lipinski definition) is 5. The van der Waals surface area contributed by atoms with Gasteiger partial charge in [0.1, 0.15) is 11.6 Å². The Bertz CT molecular complexity index is 796. The summed E-state index contributed by atoms with van der Waals surface area (Å²) in [4.78, 5) is 36.1. The van der Waals surface area contributed by atoms with E-state index in [9.17, 15) is 18.8 Å². The monoisotopic (exact) mass is 374 g/mol. The summed E-state index contributed by atoms with van der Waals surface area (Å²) in [7, 11) is 1.35. The molecule has 0 aliphatic heterocycles. The molecule has 2 rings (SSSR count). The number of rotatable bonds is 6. The first-order valence-corrected chi connectivity index (χ1v) is 8.11. The molecular formula is C19H19FN2O5. The standard InChI is InChI=1S/C19H19FN2O5/c1-12(26-15-10-8-14(20)9-11-15)18(24)27-16(13-6-4-3-5-7-13)17(23)22-19(25)21-2/h3-12,16H,1-2H3,(H2,21,22,23,25)/t12-,16-/m1/s1. The van der Waals surface area contributed by atoms with Crippen LogP contribution in [-0.2, 0) is 14.3 Å². The second kappa shape index (κ2) is 9.33. The summed E-state index contributed by atoms with van der Waals surface area (Å²) in [6, 6.07) is 12.6. The highest BCUT2D eigenvalue weighted by molar-refractivity contribution is 5.97. The van der Waals surface area contributed by atoms with E-state index in [-0.39, 0.29) is 5.75 Å². The molecule has 0 aromatic heterocycles. The van der Waals surface area contributed by atoms with Gasteiger partial charge in [0.05, 0.1) is 0 Å². The van der Waals surface area contributed by atoms with Crippen LogP contribution in [-0.4, -0.2) is 31.1 Å². The third-order valence-electron chi connectivity index (χ3n) is 3.50. The van der Waals surface area contributed by atoms with Crippen molar-refractivity contribution in [3.05, 3.63) is 66.0 Å². The summed E-state index contributed by atoms with van der Waals surface area (Å²) < 4.78 is 23.6. The highest BCUT2D eigenvalue weighted by Crippen LogP contribution is 2.20. The van der Waals surface area contributed by atoms with Crippen LogP contribution >= 0.6 is 0 Å². The van der Waals surface area contributed by atoms with Gasteiger partial charge < -0.3 is 14.8 Å². The Balaban J connectivity index is 2.11. The van der Waals surface area contributed by atoms with E-state index in [1.54, 1.807) is 30.3 Å². The first-order chi connectivity index (χ1) is 12.9. The summed E-state index contributed by atoms with van der Waals surface area (Å²) in [5.41, 5.74) is 0.390. The van der Waals surface area contributed by atoms with Crippen LogP contribution in [0.2, 0.25) is 0 Å². The second-order valence-corrected chi connectivity index (χ2v) is 5.51. The maximum atomic E-state index is 12.9. The SMILES string of the molecule is CNC(=O)NC(=O)[C@H](OC(=O)[C@@H](C)Oc1ccc(F)cc1)c1ccccc1. The van der Waals surface area contributed by atoms with Gasteiger partial charge >= 0.3 is 12.0 Å². The number of esters is 1. The van der Waals surface area contributed by atoms with E-state index >= 15 is 0 Å². The number of nitrogens with one attached hydrogen (secondary N) is 2. The van der Waals surface area contributed by atoms with Crippen molar-refractivity contribution in [2.45, 2.75) is 19.1 Å². The first-order valence-electron chi connectivity index (χ1n) is 8.11. The smallest absolute Gasteiger partial charge is 0.348 e. The van der Waals surface area contributed by atoms with E-state index in [4.69, 9.17) is 9.47 Å². The number of halogens is 1. The molecule has 2 atom stereocenters. The molecule has 142 valence electrons. The Kier molecular flexibility index (Phi) is 6.87. The van der Waals surface area contributed by atoms with E-state index in [1.165, 1.54) is 38.2 Å². The molecule has 2 aromatic rings. The van der Waals surface area contributed by atoms with Crippen LogP contribution in [0.15, 0.2) is 54.6 Å². The van der Waals surface area contributed by atoms with E-state index in [1.807, 2.05) is 0 Å². The maximum absolute atomic E-state index is 12.9. The molecular weight excluding hydrogens is 355 g/mol. The van der Waals surface area contributed by atoms with Crippen molar-refractivity contribution in [1.29, 1.82) is 0 Å². The van der Waals surface area contributed by atoms with E-state index in [0.717, 1.165) is 0 Å². The van der Waals surface area contributed by atoms with E-state index in [2.05, 4.69) is 10.6 Å². The quantitative estimate of drug-likeness (QED) is 0.757. The van der Waals surface area contributed by atoms with Crippen LogP contribution in [0.3, 0.4) is 0 Å². The molecule has 0 spiro atoms. The number of amides is 3. The summed E-state index contributed by atoms with van der Waals surface area (Å²) >= 11 is 0. The molecule has 0 unspecified atom stereocenters. The predicted molar refractivity (Wildman–Crippen MR) is 94.4 cm³/mol. The van der Waals surface area contributed by atoms with Gasteiger partial charge in [-0.15, -0.1) is 0 Å². The molecule has 0 bridgehead atoms. The third kappa shape index (κ3) is 5.81. The largest absolute Gasteiger partial charge is 0.479 e. The maximum Gasteiger partial charge on any atom is 0.348 e. The average molecular weight is 374 g/mol. The Morgan fingerprint density at radius 1 is 1.00 bits per heavy atom. The van der Waals surface area contributed by atoms with Crippen LogP contribution in [0.5, 0.6) is 5.75 Å². The molecule has 0 saturated carbocycles. The normalized spacial score (nSPS) is 12.4. The predicted octanol–water partition coefficient (Wildman–Crippen LogP) is 2.33. The number of benzene rings is 2. The number of carbonyl (C=O) groups excluding carboxylic acids is 3. The lowest BCUT2D eigenvalue weighted by Gasteiger charge is -2.20. The molecule has 0 radical (unpaired) electrons. The Morgan fingerprint density at radius 2 is 1.63 bits per heavy atom. The minimum Gasteiger partial charge on any atom is -0.479 e. The van der Waals surface area contributed by atoms with Gasteiger partial charge in [-0.25, -0.2) is 14.0 Å². The van der Waals surface area contributed by atoms with Gasteiger partial charge in [-0.2, -0.15) is 0 Å². The van der Waals surface area contributed by atoms with E-state index in [0.29, 0.717) is 5.56 Å². The van der Waals surface area contributed by atoms with Crippen molar-refractivity contribution in [1.82, 2.24) is 10.6 Å². The van der Waals surface area contributed by atoms with Crippen molar-refractivity contribution in [2.24, 2.45) is 0 Å². The van der Waals surface area contributed by atoms with Gasteiger partial charge in [0.15, 0.2) is 6.10 Å². The lowest BCUT2D eigenvalue weighted by Crippen LogP contribution is -2.42. The molecule has 7 nitrogen and oxygen atoms in total. The lowest BCUT2D eigenvalue weighted by atomic mass is 10.1. The van der Waals surface area contributed by atoms with Crippen molar-refractivity contribution < 1.29 is 28.2 Å². The van der Waals surface area contributed by atoms with Gasteiger partial charge in [0, 0.05) is 12.6 Å². The van der Waals surface area contributed by atoms with Gasteiger partial charge in [0.2, 0.25) is 6.10 Å². The highest BCUT2D eigenvalue weighted by Gasteiger charge is 2.29. The van der Waals surface area contributed by atoms with Crippen molar-refractivity contribution in [3.63, 3.8) is 0 Å². The summed E-state index contributed by atoms with van der Waals surface area (Å²) in [6.45, 7) is 1.43. The van der Waals surface area contributed by atoms with Crippen molar-refractivity contribution in [2.75, 3.05) is 7.05 Å². The summed E-state index contributed by atoms with van der Waals surface area (Å²) in [5.74, 6) is -1.79. The highest BCUT2D eigenvalue weighted by atomic mass is 19.1. The molecule has 2 aromatic carbocycles. The Labute approximate surface area is 155 Å². The molecule has 3 amide bonds. The van der Waals surface area contributed by atoms with Gasteiger partial charge in [-0.1, -0.05) is 30.3 Å². The van der Waals surface area contributed by atoms with E-state index < -0.39 is 35.9 Å². The molecule has 0 saturated heterocycles. The minimum absolute atomic E-state index is 0.270. The number of ether oxygens (including phenoxy) is 2. The summed E-state index contributed by atoms with van der Waals surface area (Å²) in [6.07, 6.45) is -2.40. The zero-order valence-electron chi connectivity index (χ0n) is 14.8. The Morgan fingerprint density at radius 3 is 2.22 bits per heavy atom. The molecule has 2 N–H and O–H groups in total. The van der Waals surface area contributed by atoms with Crippen LogP contribution in [0.25, 0.3) is 0 Å². The zero-order valence-corrected chi connectivity index (χ0v) is 14.8. The number of carbonyl (C=O) groups is 3. The number of urea groups is 1. The molecule has 0 heterocycles. The fraction of sp³-hybridized carbons (Fsp3) is 0.211. The van der Waals surface area contributed by atoms with Crippen molar-refractivity contribution >= 4 is 17.9 Å². The topological polar surface area (TPSA) is 93.7 Å². The van der Waals surface area contributed by atoms with Gasteiger partial charge in [-0.3, -0.25) is 10.1 Å². The van der Waals surface area contributed by atoms with Crippen LogP contribution in [0, 0.1) is 5.82 Å². The first kappa shape index (κ1) is 19.9. The Hall–Kier alpha value is -3.42. The molecule has 0 aliphatic rings. The fourth-order valence-corrected chi connectivity index (χ4v) is 2.12. The third-order valence-corrected chi connectivity index (χ3v) is 3.50. The summed E-state index contributed by atoms with van der Waals surface area (Å²) in [5, 5.41) is 4.33. The lowest BCUT2D eigenvalue weighted by molar-refractivity contribution is -0.162. The van der Waals surface area contributed by atoms with Crippen LogP contribution < -0.4 is 15.4 Å². The number of imide groups is 1. The molecule has 27 heavy (non-hydrogen) atoms. The molecule has 0 aliphatic carbocycles. The zero-order chi connectivity index (χ0) is 19.8. The van der Waals surface area contributed by atoms with Gasteiger partial charge in [-0.05, 0) is 31.2 Å². The average Bonchev–Trinajstić information content (AvgIpc) is 2.68. The second-order valence-electron chi connectivity index (χ2n) is 5.51. The van der Waals surface area contributed by atoms with Crippen molar-refractivity contribution in [3.8, 4) is 5.75 Å². The molecule has 0 fully saturated rings. The van der Waals surface area contributed by atoms with Crippen LogP contribution in [0.1, 0.15) is 18.6 Å².